The first-order chi connectivity index (χ1) is 32.6. The van der Waals surface area contributed by atoms with Crippen LogP contribution in [0.1, 0.15) is 88.5 Å². The maximum atomic E-state index is 11.2. The summed E-state index contributed by atoms with van der Waals surface area (Å²) < 4.78 is 10.7. The van der Waals surface area contributed by atoms with Gasteiger partial charge in [0.05, 0.1) is 49.6 Å². The average molecular weight is 929 g/mol. The molecule has 4 bridgehead atoms. The number of piperidine rings is 6. The fourth-order valence-corrected chi connectivity index (χ4v) is 10.1. The SMILES string of the molecule is C=C[C@H]1CN2CC[C@H]1C[C@H]2[C@H](O)c1ccnc2ccc(OC)cc12.C=C[C@H]1CN2CC[C@H]1C[C@H]2[C@H](O)c1ccnc2ccc(OC)cc12.C[C@@](C#N)(CCC(=O)O)N=N[C@](C)(C#N)CCC(=O)O. The van der Waals surface area contributed by atoms with Gasteiger partial charge < -0.3 is 29.9 Å². The molecule has 16 nitrogen and oxygen atoms in total. The predicted octanol–water partition coefficient (Wildman–Crippen LogP) is 8.08. The smallest absolute Gasteiger partial charge is 0.303 e. The van der Waals surface area contributed by atoms with Crippen LogP contribution in [0, 0.1) is 46.3 Å². The number of aromatic nitrogens is 2. The van der Waals surface area contributed by atoms with E-state index in [-0.39, 0.29) is 37.8 Å². The van der Waals surface area contributed by atoms with E-state index in [4.69, 9.17) is 30.2 Å². The number of fused-ring (bicyclic) bond motifs is 8. The zero-order valence-corrected chi connectivity index (χ0v) is 39.4. The summed E-state index contributed by atoms with van der Waals surface area (Å²) in [6.45, 7) is 15.0. The van der Waals surface area contributed by atoms with Crippen molar-refractivity contribution >= 4 is 33.7 Å². The number of aliphatic hydroxyl groups excluding tert-OH is 2. The number of hydrogen-bond donors (Lipinski definition) is 4. The van der Waals surface area contributed by atoms with Gasteiger partial charge in [0.2, 0.25) is 0 Å². The topological polar surface area (TPSA) is 238 Å². The number of carboxylic acid groups (broad SMARTS) is 2. The number of carboxylic acids is 2. The number of nitrogens with zero attached hydrogens (tertiary/aromatic N) is 8. The molecule has 2 unspecified atom stereocenters. The largest absolute Gasteiger partial charge is 0.497 e. The summed E-state index contributed by atoms with van der Waals surface area (Å²) in [5.74, 6) is 1.89. The van der Waals surface area contributed by atoms with Crippen LogP contribution in [-0.2, 0) is 9.59 Å². The molecular weight excluding hydrogens is 865 g/mol. The Hall–Kier alpha value is -6.30. The fourth-order valence-electron chi connectivity index (χ4n) is 10.1. The number of rotatable bonds is 16. The average Bonchev–Trinajstić information content (AvgIpc) is 3.38. The molecule has 0 aliphatic carbocycles. The summed E-state index contributed by atoms with van der Waals surface area (Å²) in [6, 6.07) is 19.6. The van der Waals surface area contributed by atoms with E-state index in [1.54, 1.807) is 26.6 Å². The van der Waals surface area contributed by atoms with Crippen LogP contribution in [0.4, 0.5) is 0 Å². The Morgan fingerprint density at radius 3 is 1.46 bits per heavy atom. The van der Waals surface area contributed by atoms with E-state index < -0.39 is 35.2 Å². The zero-order valence-electron chi connectivity index (χ0n) is 39.4. The standard InChI is InChI=1S/2C20H24N2O2.C12H16N4O4/c2*1-3-13-12-22-9-7-14(13)10-19(22)20(23)16-6-8-21-18-5-4-15(24-2)11-17(16)18;1-11(7-13,5-3-9(17)18)15-16-12(2,8-14)6-4-10(19)20/h2*3-6,8,11,13-14,19-20,23H,1,7,9-10,12H2,2H3;3-6H2,1-2H3,(H,17,18)(H,19,20)/t2*13-,14-,19-,20+;11-,12-/m000/s1. The minimum Gasteiger partial charge on any atom is -0.497 e. The summed E-state index contributed by atoms with van der Waals surface area (Å²) >= 11 is 0. The van der Waals surface area contributed by atoms with E-state index in [1.165, 1.54) is 26.7 Å². The molecule has 2 aromatic carbocycles. The van der Waals surface area contributed by atoms with E-state index in [0.717, 1.165) is 83.5 Å². The van der Waals surface area contributed by atoms with Crippen molar-refractivity contribution in [2.45, 2.75) is 101 Å². The normalized spacial score (nSPS) is 26.2. The highest BCUT2D eigenvalue weighted by molar-refractivity contribution is 5.84. The van der Waals surface area contributed by atoms with Crippen molar-refractivity contribution in [1.29, 1.82) is 10.5 Å². The summed E-state index contributed by atoms with van der Waals surface area (Å²) in [7, 11) is 3.32. The lowest BCUT2D eigenvalue weighted by atomic mass is 9.73. The third kappa shape index (κ3) is 12.0. The van der Waals surface area contributed by atoms with Crippen molar-refractivity contribution in [1.82, 2.24) is 19.8 Å². The van der Waals surface area contributed by atoms with Crippen molar-refractivity contribution in [2.24, 2.45) is 33.9 Å². The van der Waals surface area contributed by atoms with Crippen molar-refractivity contribution in [2.75, 3.05) is 40.4 Å². The molecule has 6 aliphatic rings. The molecule has 12 atom stereocenters. The molecule has 0 spiro atoms. The van der Waals surface area contributed by atoms with Gasteiger partial charge in [-0.05, 0) is 149 Å². The number of aliphatic carboxylic acids is 2. The van der Waals surface area contributed by atoms with Crippen molar-refractivity contribution in [3.05, 3.63) is 97.4 Å². The number of carbonyl (C=O) groups is 2. The van der Waals surface area contributed by atoms with Gasteiger partial charge in [-0.1, -0.05) is 12.2 Å². The molecule has 4 N–H and O–H groups in total. The Morgan fingerprint density at radius 2 is 1.15 bits per heavy atom. The lowest BCUT2D eigenvalue weighted by Gasteiger charge is -2.50. The van der Waals surface area contributed by atoms with Crippen LogP contribution in [0.15, 0.2) is 96.5 Å². The molecule has 10 rings (SSSR count). The monoisotopic (exact) mass is 928 g/mol. The van der Waals surface area contributed by atoms with Gasteiger partial charge >= 0.3 is 11.9 Å². The number of methoxy groups -OCH3 is 2. The molecule has 4 aromatic rings. The van der Waals surface area contributed by atoms with Crippen LogP contribution < -0.4 is 9.47 Å². The Bertz CT molecular complexity index is 2390. The van der Waals surface area contributed by atoms with E-state index >= 15 is 0 Å². The van der Waals surface area contributed by atoms with Crippen molar-refractivity contribution in [3.63, 3.8) is 0 Å². The van der Waals surface area contributed by atoms with E-state index in [2.05, 4.69) is 55.3 Å². The van der Waals surface area contributed by atoms with E-state index in [0.29, 0.717) is 23.7 Å². The highest BCUT2D eigenvalue weighted by Gasteiger charge is 2.43. The second-order valence-electron chi connectivity index (χ2n) is 18.7. The number of azo groups is 1. The van der Waals surface area contributed by atoms with Gasteiger partial charge in [-0.2, -0.15) is 20.8 Å². The Morgan fingerprint density at radius 1 is 0.750 bits per heavy atom. The van der Waals surface area contributed by atoms with Crippen LogP contribution in [0.5, 0.6) is 11.5 Å². The highest BCUT2D eigenvalue weighted by Crippen LogP contribution is 2.44. The molecular formula is C52H64N8O8. The van der Waals surface area contributed by atoms with E-state index in [1.807, 2.05) is 60.7 Å². The fraction of sp³-hybridized carbons (Fsp3) is 0.500. The summed E-state index contributed by atoms with van der Waals surface area (Å²) in [5.41, 5.74) is 0.997. The molecule has 0 amide bonds. The molecule has 16 heteroatoms. The molecule has 2 aromatic heterocycles. The molecule has 0 radical (unpaired) electrons. The zero-order chi connectivity index (χ0) is 49.2. The minimum atomic E-state index is -1.35. The molecule has 360 valence electrons. The Balaban J connectivity index is 0.000000169. The third-order valence-electron chi connectivity index (χ3n) is 14.3. The number of hydrogen-bond acceptors (Lipinski definition) is 14. The molecule has 6 saturated heterocycles. The maximum Gasteiger partial charge on any atom is 0.303 e. The Kier molecular flexibility index (Phi) is 17.0. The lowest BCUT2D eigenvalue weighted by molar-refractivity contribution is -0.138. The van der Waals surface area contributed by atoms with Gasteiger partial charge in [-0.25, -0.2) is 0 Å². The second kappa shape index (κ2) is 22.7. The summed E-state index contributed by atoms with van der Waals surface area (Å²) in [4.78, 5) is 34.7. The van der Waals surface area contributed by atoms with Crippen LogP contribution in [0.3, 0.4) is 0 Å². The molecule has 8 heterocycles. The number of aliphatic hydroxyl groups is 2. The minimum absolute atomic E-state index is 0.0389. The highest BCUT2D eigenvalue weighted by atomic mass is 16.5. The molecule has 0 saturated carbocycles. The van der Waals surface area contributed by atoms with Gasteiger partial charge in [0, 0.05) is 61.2 Å². The summed E-state index contributed by atoms with van der Waals surface area (Å²) in [5, 5.41) is 67.0. The number of benzene rings is 2. The van der Waals surface area contributed by atoms with Gasteiger partial charge in [0.15, 0.2) is 11.1 Å². The van der Waals surface area contributed by atoms with Crippen LogP contribution in [-0.4, -0.2) is 116 Å². The number of nitriles is 2. The molecule has 68 heavy (non-hydrogen) atoms. The number of ether oxygens (including phenoxy) is 2. The number of pyridine rings is 2. The maximum absolute atomic E-state index is 11.2. The van der Waals surface area contributed by atoms with Crippen molar-refractivity contribution < 1.29 is 39.5 Å². The van der Waals surface area contributed by atoms with Gasteiger partial charge in [-0.3, -0.25) is 29.4 Å². The first-order valence-electron chi connectivity index (χ1n) is 23.2. The van der Waals surface area contributed by atoms with Gasteiger partial charge in [0.1, 0.15) is 11.5 Å². The Labute approximate surface area is 398 Å². The van der Waals surface area contributed by atoms with Crippen LogP contribution >= 0.6 is 0 Å². The van der Waals surface area contributed by atoms with Gasteiger partial charge in [0.25, 0.3) is 0 Å². The van der Waals surface area contributed by atoms with Crippen molar-refractivity contribution in [3.8, 4) is 23.6 Å². The van der Waals surface area contributed by atoms with Crippen LogP contribution in [0.25, 0.3) is 21.8 Å². The second-order valence-corrected chi connectivity index (χ2v) is 18.7. The lowest BCUT2D eigenvalue weighted by Crippen LogP contribution is -2.54. The first-order valence-corrected chi connectivity index (χ1v) is 23.2. The van der Waals surface area contributed by atoms with Gasteiger partial charge in [-0.15, -0.1) is 13.2 Å². The quantitative estimate of drug-likeness (QED) is 0.0614. The first kappa shape index (κ1) is 51.1. The van der Waals surface area contributed by atoms with Crippen LogP contribution in [0.2, 0.25) is 0 Å². The van der Waals surface area contributed by atoms with E-state index in [9.17, 15) is 19.8 Å². The molecule has 6 fully saturated rings. The third-order valence-corrected chi connectivity index (χ3v) is 14.3. The molecule has 6 aliphatic heterocycles. The summed E-state index contributed by atoms with van der Waals surface area (Å²) in [6.07, 6.45) is 10.7. The predicted molar refractivity (Wildman–Crippen MR) is 257 cm³/mol.